The fourth-order valence-corrected chi connectivity index (χ4v) is 4.67. The van der Waals surface area contributed by atoms with E-state index in [0.717, 1.165) is 23.6 Å². The van der Waals surface area contributed by atoms with Gasteiger partial charge in [-0.05, 0) is 43.3 Å². The Morgan fingerprint density at radius 2 is 1.72 bits per heavy atom. The van der Waals surface area contributed by atoms with E-state index in [9.17, 15) is 9.59 Å². The van der Waals surface area contributed by atoms with E-state index in [2.05, 4.69) is 29.3 Å². The molecule has 0 aliphatic carbocycles. The van der Waals surface area contributed by atoms with Crippen LogP contribution in [0.5, 0.6) is 0 Å². The van der Waals surface area contributed by atoms with Crippen LogP contribution in [0.3, 0.4) is 0 Å². The molecule has 1 aliphatic rings. The quantitative estimate of drug-likeness (QED) is 0.714. The number of thiazole rings is 1. The Hall–Kier alpha value is -2.77. The molecule has 6 nitrogen and oxygen atoms in total. The first kappa shape index (κ1) is 19.5. The van der Waals surface area contributed by atoms with E-state index in [1.807, 2.05) is 17.0 Å². The van der Waals surface area contributed by atoms with Crippen molar-refractivity contribution in [2.24, 2.45) is 0 Å². The number of hydrogen-bond donors (Lipinski definition) is 1. The van der Waals surface area contributed by atoms with E-state index in [0.29, 0.717) is 24.3 Å². The SMILES string of the molecule is CC(=O)Nc1ccc(C(=O)N2CCN(C(C)c3nc4ccccc4s3)CC2)cc1. The molecule has 150 valence electrons. The molecule has 2 amide bonds. The number of piperazine rings is 1. The van der Waals surface area contributed by atoms with Gasteiger partial charge in [-0.3, -0.25) is 14.5 Å². The summed E-state index contributed by atoms with van der Waals surface area (Å²) < 4.78 is 1.21. The van der Waals surface area contributed by atoms with Crippen molar-refractivity contribution in [2.75, 3.05) is 31.5 Å². The second-order valence-corrected chi connectivity index (χ2v) is 8.34. The minimum absolute atomic E-state index is 0.0339. The molecule has 1 atom stereocenters. The first-order valence-electron chi connectivity index (χ1n) is 9.78. The van der Waals surface area contributed by atoms with Gasteiger partial charge >= 0.3 is 0 Å². The van der Waals surface area contributed by atoms with E-state index < -0.39 is 0 Å². The van der Waals surface area contributed by atoms with Crippen LogP contribution in [0.1, 0.15) is 35.3 Å². The number of fused-ring (bicyclic) bond motifs is 1. The fourth-order valence-electron chi connectivity index (χ4n) is 3.62. The van der Waals surface area contributed by atoms with Crippen molar-refractivity contribution in [2.45, 2.75) is 19.9 Å². The van der Waals surface area contributed by atoms with Crippen LogP contribution < -0.4 is 5.32 Å². The fraction of sp³-hybridized carbons (Fsp3) is 0.318. The van der Waals surface area contributed by atoms with E-state index in [1.165, 1.54) is 11.6 Å². The largest absolute Gasteiger partial charge is 0.336 e. The zero-order valence-electron chi connectivity index (χ0n) is 16.6. The van der Waals surface area contributed by atoms with Crippen LogP contribution >= 0.6 is 11.3 Å². The van der Waals surface area contributed by atoms with Gasteiger partial charge in [0.15, 0.2) is 0 Å². The number of carbonyl (C=O) groups is 2. The third-order valence-corrected chi connectivity index (χ3v) is 6.48. The number of nitrogens with zero attached hydrogens (tertiary/aromatic N) is 3. The molecule has 4 rings (SSSR count). The van der Waals surface area contributed by atoms with Gasteiger partial charge in [0, 0.05) is 44.4 Å². The Bertz CT molecular complexity index is 990. The number of nitrogens with one attached hydrogen (secondary N) is 1. The van der Waals surface area contributed by atoms with Crippen LogP contribution in [-0.4, -0.2) is 52.8 Å². The molecule has 0 spiro atoms. The van der Waals surface area contributed by atoms with Gasteiger partial charge in [0.25, 0.3) is 5.91 Å². The van der Waals surface area contributed by atoms with Gasteiger partial charge in [-0.15, -0.1) is 11.3 Å². The summed E-state index contributed by atoms with van der Waals surface area (Å²) in [4.78, 5) is 33.0. The van der Waals surface area contributed by atoms with Crippen LogP contribution in [0.2, 0.25) is 0 Å². The third-order valence-electron chi connectivity index (χ3n) is 5.27. The lowest BCUT2D eigenvalue weighted by Gasteiger charge is -2.37. The highest BCUT2D eigenvalue weighted by Crippen LogP contribution is 2.30. The second kappa shape index (κ2) is 8.31. The molecule has 1 unspecified atom stereocenters. The summed E-state index contributed by atoms with van der Waals surface area (Å²) >= 11 is 1.75. The summed E-state index contributed by atoms with van der Waals surface area (Å²) in [7, 11) is 0. The number of amides is 2. The standard InChI is InChI=1S/C22H24N4O2S/c1-15(21-24-19-5-3-4-6-20(19)29-21)25-11-13-26(14-12-25)22(28)17-7-9-18(10-8-17)23-16(2)27/h3-10,15H,11-14H2,1-2H3,(H,23,27). The second-order valence-electron chi connectivity index (χ2n) is 7.28. The van der Waals surface area contributed by atoms with Crippen molar-refractivity contribution in [1.29, 1.82) is 0 Å². The molecule has 2 aromatic carbocycles. The lowest BCUT2D eigenvalue weighted by Crippen LogP contribution is -2.49. The molecule has 0 bridgehead atoms. The predicted octanol–water partition coefficient (Wildman–Crippen LogP) is 3.77. The summed E-state index contributed by atoms with van der Waals surface area (Å²) in [5, 5.41) is 3.84. The Balaban J connectivity index is 1.37. The van der Waals surface area contributed by atoms with Crippen molar-refractivity contribution in [3.8, 4) is 0 Å². The van der Waals surface area contributed by atoms with Gasteiger partial charge in [-0.2, -0.15) is 0 Å². The highest BCUT2D eigenvalue weighted by Gasteiger charge is 2.26. The molecule has 1 fully saturated rings. The predicted molar refractivity (Wildman–Crippen MR) is 116 cm³/mol. The third kappa shape index (κ3) is 4.31. The molecular weight excluding hydrogens is 384 g/mol. The average molecular weight is 409 g/mol. The molecule has 1 N–H and O–H groups in total. The highest BCUT2D eigenvalue weighted by atomic mass is 32.1. The van der Waals surface area contributed by atoms with E-state index >= 15 is 0 Å². The van der Waals surface area contributed by atoms with E-state index in [1.54, 1.807) is 35.6 Å². The molecule has 0 radical (unpaired) electrons. The number of carbonyl (C=O) groups excluding carboxylic acids is 2. The molecular formula is C22H24N4O2S. The highest BCUT2D eigenvalue weighted by molar-refractivity contribution is 7.18. The molecule has 0 saturated carbocycles. The Morgan fingerprint density at radius 1 is 1.03 bits per heavy atom. The van der Waals surface area contributed by atoms with Crippen LogP contribution in [0, 0.1) is 0 Å². The topological polar surface area (TPSA) is 65.5 Å². The normalized spacial score (nSPS) is 16.0. The summed E-state index contributed by atoms with van der Waals surface area (Å²) in [6.07, 6.45) is 0. The molecule has 29 heavy (non-hydrogen) atoms. The van der Waals surface area contributed by atoms with Gasteiger partial charge in [0.05, 0.1) is 16.3 Å². The maximum Gasteiger partial charge on any atom is 0.253 e. The monoisotopic (exact) mass is 408 g/mol. The van der Waals surface area contributed by atoms with Gasteiger partial charge in [-0.25, -0.2) is 4.98 Å². The summed E-state index contributed by atoms with van der Waals surface area (Å²) in [6, 6.07) is 15.5. The van der Waals surface area contributed by atoms with Crippen molar-refractivity contribution >= 4 is 39.1 Å². The van der Waals surface area contributed by atoms with E-state index in [-0.39, 0.29) is 17.9 Å². The first-order valence-corrected chi connectivity index (χ1v) is 10.6. The smallest absolute Gasteiger partial charge is 0.253 e. The zero-order chi connectivity index (χ0) is 20.4. The van der Waals surface area contributed by atoms with Crippen LogP contribution in [0.4, 0.5) is 5.69 Å². The Kier molecular flexibility index (Phi) is 5.60. The average Bonchev–Trinajstić information content (AvgIpc) is 3.17. The molecule has 1 saturated heterocycles. The van der Waals surface area contributed by atoms with E-state index in [4.69, 9.17) is 4.98 Å². The lowest BCUT2D eigenvalue weighted by atomic mass is 10.1. The molecule has 1 aromatic heterocycles. The number of hydrogen-bond acceptors (Lipinski definition) is 5. The lowest BCUT2D eigenvalue weighted by molar-refractivity contribution is -0.114. The zero-order valence-corrected chi connectivity index (χ0v) is 17.4. The summed E-state index contributed by atoms with van der Waals surface area (Å²) in [5.74, 6) is -0.0888. The number of anilines is 1. The van der Waals surface area contributed by atoms with Crippen molar-refractivity contribution in [3.05, 3.63) is 59.1 Å². The minimum Gasteiger partial charge on any atom is -0.336 e. The molecule has 3 aromatic rings. The molecule has 2 heterocycles. The maximum absolute atomic E-state index is 12.8. The maximum atomic E-state index is 12.8. The number of rotatable bonds is 4. The summed E-state index contributed by atoms with van der Waals surface area (Å²) in [5.41, 5.74) is 2.39. The van der Waals surface area contributed by atoms with Crippen LogP contribution in [-0.2, 0) is 4.79 Å². The van der Waals surface area contributed by atoms with Gasteiger partial charge in [-0.1, -0.05) is 12.1 Å². The van der Waals surface area contributed by atoms with Gasteiger partial charge < -0.3 is 10.2 Å². The Labute approximate surface area is 174 Å². The number of benzene rings is 2. The van der Waals surface area contributed by atoms with Crippen LogP contribution in [0.25, 0.3) is 10.2 Å². The summed E-state index contributed by atoms with van der Waals surface area (Å²) in [6.45, 7) is 6.70. The van der Waals surface area contributed by atoms with Gasteiger partial charge in [0.1, 0.15) is 5.01 Å². The number of para-hydroxylation sites is 1. The Morgan fingerprint density at radius 3 is 2.38 bits per heavy atom. The first-order chi connectivity index (χ1) is 14.0. The van der Waals surface area contributed by atoms with Crippen molar-refractivity contribution < 1.29 is 9.59 Å². The van der Waals surface area contributed by atoms with Crippen LogP contribution in [0.15, 0.2) is 48.5 Å². The van der Waals surface area contributed by atoms with Crippen molar-refractivity contribution in [1.82, 2.24) is 14.8 Å². The van der Waals surface area contributed by atoms with Crippen molar-refractivity contribution in [3.63, 3.8) is 0 Å². The molecule has 7 heteroatoms. The van der Waals surface area contributed by atoms with Gasteiger partial charge in [0.2, 0.25) is 5.91 Å². The minimum atomic E-state index is -0.123. The number of aromatic nitrogens is 1. The molecule has 1 aliphatic heterocycles.